The Morgan fingerprint density at radius 2 is 1.63 bits per heavy atom. The summed E-state index contributed by atoms with van der Waals surface area (Å²) in [5, 5.41) is 3.04. The lowest BCUT2D eigenvalue weighted by molar-refractivity contribution is -0.122. The molecule has 3 heteroatoms. The van der Waals surface area contributed by atoms with E-state index in [1.807, 2.05) is 20.8 Å². The van der Waals surface area contributed by atoms with Crippen LogP contribution in [0.4, 0.5) is 0 Å². The normalized spacial score (nSPS) is 19.5. The molecule has 112 valence electrons. The summed E-state index contributed by atoms with van der Waals surface area (Å²) in [6.07, 6.45) is 4.19. The first-order valence-corrected chi connectivity index (χ1v) is 7.64. The van der Waals surface area contributed by atoms with Gasteiger partial charge in [0.15, 0.2) is 0 Å². The van der Waals surface area contributed by atoms with E-state index in [2.05, 4.69) is 31.0 Å². The van der Waals surface area contributed by atoms with Gasteiger partial charge in [0.05, 0.1) is 0 Å². The number of amides is 1. The third-order valence-corrected chi connectivity index (χ3v) is 3.86. The Bertz CT molecular complexity index is 291. The molecule has 1 N–H and O–H groups in total. The minimum Gasteiger partial charge on any atom is -0.352 e. The van der Waals surface area contributed by atoms with Gasteiger partial charge < -0.3 is 5.32 Å². The van der Waals surface area contributed by atoms with Crippen LogP contribution in [0.15, 0.2) is 0 Å². The van der Waals surface area contributed by atoms with E-state index in [0.717, 1.165) is 12.3 Å². The lowest BCUT2D eigenvalue weighted by Gasteiger charge is -2.41. The van der Waals surface area contributed by atoms with Gasteiger partial charge in [-0.1, -0.05) is 0 Å². The molecule has 0 aromatic carbocycles. The van der Waals surface area contributed by atoms with Crippen molar-refractivity contribution >= 4 is 5.91 Å². The van der Waals surface area contributed by atoms with E-state index in [-0.39, 0.29) is 17.0 Å². The van der Waals surface area contributed by atoms with Gasteiger partial charge in [-0.05, 0) is 79.8 Å². The monoisotopic (exact) mass is 268 g/mol. The number of nitrogens with one attached hydrogen (secondary N) is 1. The quantitative estimate of drug-likeness (QED) is 0.852. The average Bonchev–Trinajstić information content (AvgIpc) is 2.23. The average molecular weight is 268 g/mol. The highest BCUT2D eigenvalue weighted by Gasteiger charge is 2.27. The van der Waals surface area contributed by atoms with Crippen molar-refractivity contribution in [3.05, 3.63) is 0 Å². The molecular weight excluding hydrogens is 236 g/mol. The van der Waals surface area contributed by atoms with Crippen molar-refractivity contribution in [3.8, 4) is 0 Å². The van der Waals surface area contributed by atoms with Crippen LogP contribution in [-0.2, 0) is 4.79 Å². The highest BCUT2D eigenvalue weighted by molar-refractivity contribution is 5.76. The van der Waals surface area contributed by atoms with E-state index in [0.29, 0.717) is 6.42 Å². The summed E-state index contributed by atoms with van der Waals surface area (Å²) >= 11 is 0. The fraction of sp³-hybridized carbons (Fsp3) is 0.938. The Morgan fingerprint density at radius 1 is 1.11 bits per heavy atom. The van der Waals surface area contributed by atoms with Crippen LogP contribution in [0.5, 0.6) is 0 Å². The minimum atomic E-state index is -0.104. The lowest BCUT2D eigenvalue weighted by atomic mass is 9.89. The third-order valence-electron chi connectivity index (χ3n) is 3.86. The van der Waals surface area contributed by atoms with Crippen LogP contribution in [-0.4, -0.2) is 35.0 Å². The van der Waals surface area contributed by atoms with Crippen molar-refractivity contribution in [2.24, 2.45) is 5.92 Å². The Morgan fingerprint density at radius 3 is 2.05 bits per heavy atom. The molecule has 0 aromatic rings. The van der Waals surface area contributed by atoms with Crippen LogP contribution in [0.3, 0.4) is 0 Å². The molecule has 19 heavy (non-hydrogen) atoms. The smallest absolute Gasteiger partial charge is 0.220 e. The van der Waals surface area contributed by atoms with Gasteiger partial charge in [0.2, 0.25) is 5.91 Å². The first-order chi connectivity index (χ1) is 8.58. The highest BCUT2D eigenvalue weighted by Crippen LogP contribution is 2.26. The number of rotatable bonds is 3. The van der Waals surface area contributed by atoms with Gasteiger partial charge in [-0.3, -0.25) is 9.69 Å². The van der Waals surface area contributed by atoms with Crippen molar-refractivity contribution in [1.82, 2.24) is 10.2 Å². The van der Waals surface area contributed by atoms with Gasteiger partial charge >= 0.3 is 0 Å². The fourth-order valence-electron chi connectivity index (χ4n) is 2.71. The Labute approximate surface area is 119 Å². The van der Waals surface area contributed by atoms with Gasteiger partial charge in [-0.25, -0.2) is 0 Å². The SMILES string of the molecule is CC(C)(C)NC(=O)CCC1CCN(C(C)(C)C)CC1. The number of hydrogen-bond acceptors (Lipinski definition) is 2. The molecule has 0 aromatic heterocycles. The second-order valence-electron chi connectivity index (χ2n) is 7.94. The molecule has 0 bridgehead atoms. The summed E-state index contributed by atoms with van der Waals surface area (Å²) < 4.78 is 0. The largest absolute Gasteiger partial charge is 0.352 e. The molecule has 1 amide bonds. The van der Waals surface area contributed by atoms with E-state index in [1.54, 1.807) is 0 Å². The Kier molecular flexibility index (Phi) is 5.43. The van der Waals surface area contributed by atoms with Crippen LogP contribution >= 0.6 is 0 Å². The Balaban J connectivity index is 2.25. The standard InChI is InChI=1S/C16H32N2O/c1-15(2,3)17-14(19)8-7-13-9-11-18(12-10-13)16(4,5)6/h13H,7-12H2,1-6H3,(H,17,19). The lowest BCUT2D eigenvalue weighted by Crippen LogP contribution is -2.46. The summed E-state index contributed by atoms with van der Waals surface area (Å²) in [6, 6.07) is 0. The summed E-state index contributed by atoms with van der Waals surface area (Å²) in [5.74, 6) is 0.926. The maximum atomic E-state index is 11.8. The van der Waals surface area contributed by atoms with Gasteiger partial charge in [0.1, 0.15) is 0 Å². The second-order valence-corrected chi connectivity index (χ2v) is 7.94. The van der Waals surface area contributed by atoms with Crippen LogP contribution in [0.25, 0.3) is 0 Å². The molecule has 1 fully saturated rings. The zero-order valence-corrected chi connectivity index (χ0v) is 13.7. The molecule has 0 spiro atoms. The molecule has 0 aliphatic carbocycles. The number of nitrogens with zero attached hydrogens (tertiary/aromatic N) is 1. The van der Waals surface area contributed by atoms with Crippen LogP contribution in [0, 0.1) is 5.92 Å². The van der Waals surface area contributed by atoms with Crippen molar-refractivity contribution in [1.29, 1.82) is 0 Å². The molecule has 3 nitrogen and oxygen atoms in total. The molecule has 0 unspecified atom stereocenters. The van der Waals surface area contributed by atoms with E-state index in [9.17, 15) is 4.79 Å². The van der Waals surface area contributed by atoms with Gasteiger partial charge in [0.25, 0.3) is 0 Å². The molecule has 1 saturated heterocycles. The van der Waals surface area contributed by atoms with E-state index in [1.165, 1.54) is 25.9 Å². The molecule has 0 atom stereocenters. The first kappa shape index (κ1) is 16.5. The van der Waals surface area contributed by atoms with Gasteiger partial charge in [-0.2, -0.15) is 0 Å². The van der Waals surface area contributed by atoms with E-state index < -0.39 is 0 Å². The molecule has 0 radical (unpaired) electrons. The second kappa shape index (κ2) is 6.25. The Hall–Kier alpha value is -0.570. The predicted molar refractivity (Wildman–Crippen MR) is 81.2 cm³/mol. The summed E-state index contributed by atoms with van der Waals surface area (Å²) in [4.78, 5) is 14.4. The number of carbonyl (C=O) groups is 1. The molecule has 1 heterocycles. The number of piperidine rings is 1. The van der Waals surface area contributed by atoms with Crippen LogP contribution in [0.2, 0.25) is 0 Å². The molecule has 1 aliphatic rings. The summed E-state index contributed by atoms with van der Waals surface area (Å²) in [7, 11) is 0. The number of carbonyl (C=O) groups excluding carboxylic acids is 1. The van der Waals surface area contributed by atoms with Gasteiger partial charge in [0, 0.05) is 17.5 Å². The van der Waals surface area contributed by atoms with Crippen molar-refractivity contribution in [2.45, 2.75) is 78.3 Å². The molecule has 0 saturated carbocycles. The molecular formula is C16H32N2O. The maximum Gasteiger partial charge on any atom is 0.220 e. The van der Waals surface area contributed by atoms with Crippen molar-refractivity contribution in [2.75, 3.05) is 13.1 Å². The van der Waals surface area contributed by atoms with E-state index in [4.69, 9.17) is 0 Å². The fourth-order valence-corrected chi connectivity index (χ4v) is 2.71. The number of hydrogen-bond donors (Lipinski definition) is 1. The topological polar surface area (TPSA) is 32.3 Å². The predicted octanol–water partition coefficient (Wildman–Crippen LogP) is 3.19. The molecule has 1 aliphatic heterocycles. The maximum absolute atomic E-state index is 11.8. The zero-order valence-electron chi connectivity index (χ0n) is 13.7. The number of likely N-dealkylation sites (tertiary alicyclic amines) is 1. The highest BCUT2D eigenvalue weighted by atomic mass is 16.1. The van der Waals surface area contributed by atoms with Crippen LogP contribution in [0.1, 0.15) is 67.2 Å². The minimum absolute atomic E-state index is 0.104. The summed E-state index contributed by atoms with van der Waals surface area (Å²) in [6.45, 7) is 15.3. The van der Waals surface area contributed by atoms with Crippen molar-refractivity contribution < 1.29 is 4.79 Å². The van der Waals surface area contributed by atoms with Gasteiger partial charge in [-0.15, -0.1) is 0 Å². The molecule has 1 rings (SSSR count). The first-order valence-electron chi connectivity index (χ1n) is 7.64. The van der Waals surface area contributed by atoms with E-state index >= 15 is 0 Å². The third kappa shape index (κ3) is 6.42. The zero-order chi connectivity index (χ0) is 14.7. The van der Waals surface area contributed by atoms with Crippen molar-refractivity contribution in [3.63, 3.8) is 0 Å². The van der Waals surface area contributed by atoms with Crippen LogP contribution < -0.4 is 5.32 Å². The summed E-state index contributed by atoms with van der Waals surface area (Å²) in [5.41, 5.74) is 0.182.